The molecule has 0 bridgehead atoms. The number of halogens is 2. The Bertz CT molecular complexity index is 1180. The van der Waals surface area contributed by atoms with Gasteiger partial charge >= 0.3 is 0 Å². The van der Waals surface area contributed by atoms with Crippen molar-refractivity contribution in [3.63, 3.8) is 0 Å². The van der Waals surface area contributed by atoms with E-state index in [-0.39, 0.29) is 18.3 Å². The highest BCUT2D eigenvalue weighted by atomic mass is 19.2. The van der Waals surface area contributed by atoms with E-state index >= 15 is 0 Å². The van der Waals surface area contributed by atoms with Crippen molar-refractivity contribution < 1.29 is 19.0 Å². The van der Waals surface area contributed by atoms with Gasteiger partial charge in [-0.05, 0) is 42.3 Å². The molecule has 5 nitrogen and oxygen atoms in total. The lowest BCUT2D eigenvalue weighted by atomic mass is 9.98. The summed E-state index contributed by atoms with van der Waals surface area (Å²) in [4.78, 5) is 4.24. The number of nitrogens with zero attached hydrogens (tertiary/aromatic N) is 2. The Hall–Kier alpha value is -3.42. The average molecular weight is 466 g/mol. The van der Waals surface area contributed by atoms with E-state index in [2.05, 4.69) is 28.5 Å². The number of benzene rings is 3. The molecule has 7 heteroatoms. The highest BCUT2D eigenvalue weighted by Crippen LogP contribution is 2.37. The maximum absolute atomic E-state index is 13.6. The first kappa shape index (κ1) is 23.7. The number of β-amino-alcohol motifs (C(OH)–C–C–N with tert-alkyl or cyclic N) is 1. The summed E-state index contributed by atoms with van der Waals surface area (Å²) in [6.45, 7) is 7.83. The molecule has 0 aromatic heterocycles. The SMILES string of the molecule is C=C(N)c1ccc(N2CCN(CC(O)c3ccc(F)c(F)c3)C[C@H]2c2ccc(C)cc2)c(O)c1. The molecule has 1 aliphatic rings. The summed E-state index contributed by atoms with van der Waals surface area (Å²) < 4.78 is 26.9. The van der Waals surface area contributed by atoms with Crippen LogP contribution in [0.25, 0.3) is 5.70 Å². The fourth-order valence-corrected chi connectivity index (χ4v) is 4.40. The van der Waals surface area contributed by atoms with Crippen molar-refractivity contribution in [1.29, 1.82) is 0 Å². The summed E-state index contributed by atoms with van der Waals surface area (Å²) in [6.07, 6.45) is -0.955. The van der Waals surface area contributed by atoms with Crippen LogP contribution in [0.1, 0.15) is 34.4 Å². The summed E-state index contributed by atoms with van der Waals surface area (Å²) in [5.74, 6) is -1.79. The predicted octanol–water partition coefficient (Wildman–Crippen LogP) is 4.51. The van der Waals surface area contributed by atoms with Crippen LogP contribution in [0, 0.1) is 18.6 Å². The molecule has 1 aliphatic heterocycles. The molecule has 1 saturated heterocycles. The van der Waals surface area contributed by atoms with E-state index in [0.29, 0.717) is 42.1 Å². The number of rotatable bonds is 6. The number of aromatic hydroxyl groups is 1. The first-order chi connectivity index (χ1) is 16.2. The number of piperazine rings is 1. The van der Waals surface area contributed by atoms with Gasteiger partial charge < -0.3 is 20.8 Å². The van der Waals surface area contributed by atoms with Gasteiger partial charge in [0.1, 0.15) is 5.75 Å². The lowest BCUT2D eigenvalue weighted by molar-refractivity contribution is 0.100. The Morgan fingerprint density at radius 2 is 1.79 bits per heavy atom. The molecule has 1 heterocycles. The largest absolute Gasteiger partial charge is 0.506 e. The second kappa shape index (κ2) is 9.83. The van der Waals surface area contributed by atoms with Gasteiger partial charge in [-0.2, -0.15) is 0 Å². The van der Waals surface area contributed by atoms with Crippen LogP contribution >= 0.6 is 0 Å². The molecule has 0 amide bonds. The normalized spacial score (nSPS) is 17.5. The molecule has 4 rings (SSSR count). The number of hydrogen-bond acceptors (Lipinski definition) is 5. The molecule has 1 fully saturated rings. The predicted molar refractivity (Wildman–Crippen MR) is 130 cm³/mol. The zero-order valence-corrected chi connectivity index (χ0v) is 19.1. The Balaban J connectivity index is 1.59. The Kier molecular flexibility index (Phi) is 6.86. The number of phenolic OH excluding ortho intramolecular Hbond substituents is 1. The zero-order chi connectivity index (χ0) is 24.4. The number of anilines is 1. The molecule has 2 atom stereocenters. The minimum absolute atomic E-state index is 0.0932. The van der Waals surface area contributed by atoms with Gasteiger partial charge in [-0.25, -0.2) is 8.78 Å². The molecule has 1 unspecified atom stereocenters. The molecular weight excluding hydrogens is 436 g/mol. The van der Waals surface area contributed by atoms with E-state index in [1.165, 1.54) is 6.07 Å². The number of phenols is 1. The van der Waals surface area contributed by atoms with Crippen LogP contribution in [0.4, 0.5) is 14.5 Å². The van der Waals surface area contributed by atoms with Gasteiger partial charge in [0.05, 0.1) is 17.8 Å². The Labute approximate surface area is 198 Å². The van der Waals surface area contributed by atoms with Crippen LogP contribution < -0.4 is 10.6 Å². The van der Waals surface area contributed by atoms with Gasteiger partial charge in [-0.15, -0.1) is 0 Å². The topological polar surface area (TPSA) is 73.0 Å². The van der Waals surface area contributed by atoms with Gasteiger partial charge in [0, 0.05) is 37.4 Å². The fourth-order valence-electron chi connectivity index (χ4n) is 4.40. The summed E-state index contributed by atoms with van der Waals surface area (Å²) in [5.41, 5.74) is 10.1. The van der Waals surface area contributed by atoms with Crippen LogP contribution in [-0.4, -0.2) is 41.3 Å². The van der Waals surface area contributed by atoms with Crippen molar-refractivity contribution in [1.82, 2.24) is 4.90 Å². The second-order valence-corrected chi connectivity index (χ2v) is 8.80. The van der Waals surface area contributed by atoms with Crippen molar-refractivity contribution in [2.24, 2.45) is 5.73 Å². The lowest BCUT2D eigenvalue weighted by Crippen LogP contribution is -2.49. The third-order valence-corrected chi connectivity index (χ3v) is 6.34. The molecule has 4 N–H and O–H groups in total. The average Bonchev–Trinajstić information content (AvgIpc) is 2.81. The summed E-state index contributed by atoms with van der Waals surface area (Å²) in [5, 5.41) is 21.4. The molecule has 0 spiro atoms. The van der Waals surface area contributed by atoms with Crippen LogP contribution in [0.15, 0.2) is 67.2 Å². The quantitative estimate of drug-likeness (QED) is 0.500. The van der Waals surface area contributed by atoms with Gasteiger partial charge in [-0.1, -0.05) is 48.5 Å². The van der Waals surface area contributed by atoms with Crippen molar-refractivity contribution in [2.75, 3.05) is 31.1 Å². The fraction of sp³-hybridized carbons (Fsp3) is 0.259. The van der Waals surface area contributed by atoms with E-state index in [4.69, 9.17) is 5.73 Å². The molecule has 0 saturated carbocycles. The van der Waals surface area contributed by atoms with Crippen LogP contribution in [-0.2, 0) is 0 Å². The molecular formula is C27H29F2N3O2. The smallest absolute Gasteiger partial charge is 0.159 e. The molecule has 34 heavy (non-hydrogen) atoms. The van der Waals surface area contributed by atoms with E-state index in [1.54, 1.807) is 6.07 Å². The summed E-state index contributed by atoms with van der Waals surface area (Å²) in [7, 11) is 0. The maximum atomic E-state index is 13.6. The van der Waals surface area contributed by atoms with Crippen molar-refractivity contribution in [2.45, 2.75) is 19.1 Å². The molecule has 0 aliphatic carbocycles. The van der Waals surface area contributed by atoms with E-state index < -0.39 is 17.7 Å². The van der Waals surface area contributed by atoms with Gasteiger partial charge in [0.25, 0.3) is 0 Å². The van der Waals surface area contributed by atoms with E-state index in [9.17, 15) is 19.0 Å². The van der Waals surface area contributed by atoms with Crippen molar-refractivity contribution >= 4 is 11.4 Å². The highest BCUT2D eigenvalue weighted by Gasteiger charge is 2.31. The van der Waals surface area contributed by atoms with Gasteiger partial charge in [-0.3, -0.25) is 4.90 Å². The third-order valence-electron chi connectivity index (χ3n) is 6.34. The number of aliphatic hydroxyl groups excluding tert-OH is 1. The van der Waals surface area contributed by atoms with Crippen LogP contribution in [0.3, 0.4) is 0 Å². The number of nitrogens with two attached hydrogens (primary N) is 1. The van der Waals surface area contributed by atoms with Crippen LogP contribution in [0.5, 0.6) is 5.75 Å². The lowest BCUT2D eigenvalue weighted by Gasteiger charge is -2.44. The standard InChI is InChI=1S/C27H29F2N3O2/c1-17-3-5-19(6-4-17)25-15-31(16-27(34)21-7-9-22(28)23(29)13-21)11-12-32(25)24-10-8-20(18(2)30)14-26(24)33/h3-10,13-14,25,27,33-34H,2,11-12,15-16,30H2,1H3/t25-,27?/m0/s1. The van der Waals surface area contributed by atoms with E-state index in [1.807, 2.05) is 31.2 Å². The summed E-state index contributed by atoms with van der Waals surface area (Å²) in [6, 6.07) is 16.9. The van der Waals surface area contributed by atoms with Crippen LogP contribution in [0.2, 0.25) is 0 Å². The third kappa shape index (κ3) is 5.05. The number of hydrogen-bond donors (Lipinski definition) is 3. The minimum atomic E-state index is -0.974. The number of aryl methyl sites for hydroxylation is 1. The van der Waals surface area contributed by atoms with Crippen molar-refractivity contribution in [3.8, 4) is 5.75 Å². The minimum Gasteiger partial charge on any atom is -0.506 e. The first-order valence-corrected chi connectivity index (χ1v) is 11.2. The first-order valence-electron chi connectivity index (χ1n) is 11.2. The van der Waals surface area contributed by atoms with Gasteiger partial charge in [0.2, 0.25) is 0 Å². The van der Waals surface area contributed by atoms with Gasteiger partial charge in [0.15, 0.2) is 11.6 Å². The number of aliphatic hydroxyl groups is 1. The highest BCUT2D eigenvalue weighted by molar-refractivity contribution is 5.69. The molecule has 0 radical (unpaired) electrons. The zero-order valence-electron chi connectivity index (χ0n) is 19.1. The maximum Gasteiger partial charge on any atom is 0.159 e. The molecule has 3 aromatic rings. The molecule has 178 valence electrons. The Morgan fingerprint density at radius 3 is 2.44 bits per heavy atom. The second-order valence-electron chi connectivity index (χ2n) is 8.80. The Morgan fingerprint density at radius 1 is 1.06 bits per heavy atom. The van der Waals surface area contributed by atoms with E-state index in [0.717, 1.165) is 23.3 Å². The molecule has 3 aromatic carbocycles. The summed E-state index contributed by atoms with van der Waals surface area (Å²) >= 11 is 0. The monoisotopic (exact) mass is 465 g/mol. The van der Waals surface area contributed by atoms with Crippen molar-refractivity contribution in [3.05, 3.63) is 101 Å².